The summed E-state index contributed by atoms with van der Waals surface area (Å²) in [6.07, 6.45) is 0. The number of carbonyl (C=O) groups is 1. The van der Waals surface area contributed by atoms with Gasteiger partial charge in [-0.3, -0.25) is 4.79 Å². The Bertz CT molecular complexity index is 276. The number of rotatable bonds is 5. The molecule has 0 bridgehead atoms. The van der Waals surface area contributed by atoms with Crippen LogP contribution in [0.5, 0.6) is 0 Å². The average Bonchev–Trinajstić information content (AvgIpc) is 1.99. The third-order valence-electron chi connectivity index (χ3n) is 1.42. The lowest BCUT2D eigenvalue weighted by Crippen LogP contribution is -2.47. The van der Waals surface area contributed by atoms with Crippen LogP contribution in [-0.2, 0) is 14.8 Å². The van der Waals surface area contributed by atoms with E-state index >= 15 is 0 Å². The van der Waals surface area contributed by atoms with Crippen molar-refractivity contribution in [3.8, 4) is 0 Å². The quantitative estimate of drug-likeness (QED) is 0.678. The molecule has 0 saturated carbocycles. The van der Waals surface area contributed by atoms with Gasteiger partial charge in [-0.25, -0.2) is 13.1 Å². The lowest BCUT2D eigenvalue weighted by molar-refractivity contribution is -0.120. The SMILES string of the molecule is CC(C)C(NS(=O)(=O)CBr)C(N)=O. The fraction of sp³-hybridized carbons (Fsp3) is 0.833. The maximum absolute atomic E-state index is 11.1. The largest absolute Gasteiger partial charge is 0.368 e. The molecule has 0 saturated heterocycles. The average molecular weight is 273 g/mol. The lowest BCUT2D eigenvalue weighted by Gasteiger charge is -2.17. The van der Waals surface area contributed by atoms with Crippen molar-refractivity contribution in [2.75, 3.05) is 4.66 Å². The van der Waals surface area contributed by atoms with Gasteiger partial charge < -0.3 is 5.73 Å². The van der Waals surface area contributed by atoms with Gasteiger partial charge in [0.1, 0.15) is 10.7 Å². The summed E-state index contributed by atoms with van der Waals surface area (Å²) in [6, 6.07) is -0.845. The van der Waals surface area contributed by atoms with E-state index in [1.165, 1.54) is 0 Å². The lowest BCUT2D eigenvalue weighted by atomic mass is 10.1. The number of nitrogens with one attached hydrogen (secondary N) is 1. The van der Waals surface area contributed by atoms with Crippen LogP contribution in [0, 0.1) is 5.92 Å². The van der Waals surface area contributed by atoms with E-state index in [-0.39, 0.29) is 10.6 Å². The van der Waals surface area contributed by atoms with E-state index in [0.717, 1.165) is 0 Å². The molecule has 0 aliphatic heterocycles. The molecule has 0 aromatic heterocycles. The molecule has 0 aliphatic carbocycles. The fourth-order valence-corrected chi connectivity index (χ4v) is 1.98. The van der Waals surface area contributed by atoms with Crippen LogP contribution in [-0.4, -0.2) is 25.0 Å². The summed E-state index contributed by atoms with van der Waals surface area (Å²) in [5, 5.41) is 0. The minimum atomic E-state index is -3.44. The Morgan fingerprint density at radius 3 is 2.23 bits per heavy atom. The van der Waals surface area contributed by atoms with Crippen LogP contribution < -0.4 is 10.5 Å². The number of primary amides is 1. The van der Waals surface area contributed by atoms with Crippen molar-refractivity contribution in [2.24, 2.45) is 11.7 Å². The Kier molecular flexibility index (Phi) is 4.87. The molecular formula is C6H13BrN2O3S. The molecule has 5 nitrogen and oxygen atoms in total. The maximum Gasteiger partial charge on any atom is 0.235 e. The summed E-state index contributed by atoms with van der Waals surface area (Å²) < 4.78 is 24.1. The van der Waals surface area contributed by atoms with Gasteiger partial charge in [0.25, 0.3) is 0 Å². The van der Waals surface area contributed by atoms with E-state index in [4.69, 9.17) is 5.73 Å². The molecule has 78 valence electrons. The first-order valence-electron chi connectivity index (χ1n) is 3.65. The molecule has 7 heteroatoms. The van der Waals surface area contributed by atoms with Gasteiger partial charge >= 0.3 is 0 Å². The molecule has 0 aliphatic rings. The topological polar surface area (TPSA) is 89.3 Å². The van der Waals surface area contributed by atoms with Gasteiger partial charge in [0.15, 0.2) is 0 Å². The fourth-order valence-electron chi connectivity index (χ4n) is 0.748. The zero-order chi connectivity index (χ0) is 10.6. The summed E-state index contributed by atoms with van der Waals surface area (Å²) in [4.78, 5) is 10.8. The molecule has 0 spiro atoms. The molecule has 0 radical (unpaired) electrons. The first-order valence-corrected chi connectivity index (χ1v) is 6.43. The monoisotopic (exact) mass is 272 g/mol. The van der Waals surface area contributed by atoms with Gasteiger partial charge in [0.2, 0.25) is 15.9 Å². The molecule has 0 fully saturated rings. The number of nitrogens with two attached hydrogens (primary N) is 1. The Hall–Kier alpha value is -0.140. The van der Waals surface area contributed by atoms with Crippen LogP contribution >= 0.6 is 15.9 Å². The highest BCUT2D eigenvalue weighted by molar-refractivity contribution is 9.10. The standard InChI is InChI=1S/C6H13BrN2O3S/c1-4(2)5(6(8)10)9-13(11,12)3-7/h4-5,9H,3H2,1-2H3,(H2,8,10). The number of sulfonamides is 1. The van der Waals surface area contributed by atoms with Crippen molar-refractivity contribution in [2.45, 2.75) is 19.9 Å². The molecule has 0 aromatic carbocycles. The highest BCUT2D eigenvalue weighted by Crippen LogP contribution is 2.03. The maximum atomic E-state index is 11.1. The Morgan fingerprint density at radius 1 is 1.54 bits per heavy atom. The van der Waals surface area contributed by atoms with Gasteiger partial charge in [-0.1, -0.05) is 29.8 Å². The number of alkyl halides is 1. The van der Waals surface area contributed by atoms with E-state index in [1.807, 2.05) is 0 Å². The number of halogens is 1. The van der Waals surface area contributed by atoms with Crippen molar-refractivity contribution >= 4 is 31.9 Å². The van der Waals surface area contributed by atoms with E-state index < -0.39 is 22.0 Å². The highest BCUT2D eigenvalue weighted by Gasteiger charge is 2.24. The van der Waals surface area contributed by atoms with Crippen LogP contribution in [0.15, 0.2) is 0 Å². The minimum absolute atomic E-state index is 0.161. The van der Waals surface area contributed by atoms with E-state index in [1.54, 1.807) is 13.8 Å². The minimum Gasteiger partial charge on any atom is -0.368 e. The van der Waals surface area contributed by atoms with Gasteiger partial charge in [-0.2, -0.15) is 0 Å². The van der Waals surface area contributed by atoms with E-state index in [2.05, 4.69) is 20.7 Å². The Morgan fingerprint density at radius 2 is 2.00 bits per heavy atom. The first kappa shape index (κ1) is 12.9. The zero-order valence-electron chi connectivity index (χ0n) is 7.45. The van der Waals surface area contributed by atoms with Gasteiger partial charge in [-0.05, 0) is 5.92 Å². The van der Waals surface area contributed by atoms with Crippen LogP contribution in [0.1, 0.15) is 13.8 Å². The first-order chi connectivity index (χ1) is 5.80. The highest BCUT2D eigenvalue weighted by atomic mass is 79.9. The number of hydrogen-bond donors (Lipinski definition) is 2. The summed E-state index contributed by atoms with van der Waals surface area (Å²) in [7, 11) is -3.44. The zero-order valence-corrected chi connectivity index (χ0v) is 9.85. The third-order valence-corrected chi connectivity index (χ3v) is 4.13. The third kappa shape index (κ3) is 4.58. The second-order valence-corrected chi connectivity index (χ2v) is 6.02. The molecule has 0 aromatic rings. The normalized spacial score (nSPS) is 14.5. The Balaban J connectivity index is 4.54. The molecule has 1 unspecified atom stereocenters. The predicted molar refractivity (Wildman–Crippen MR) is 53.7 cm³/mol. The molecule has 0 heterocycles. The number of hydrogen-bond acceptors (Lipinski definition) is 3. The second kappa shape index (κ2) is 4.92. The number of carbonyl (C=O) groups excluding carboxylic acids is 1. The summed E-state index contributed by atoms with van der Waals surface area (Å²) >= 11 is 2.80. The second-order valence-electron chi connectivity index (χ2n) is 2.97. The summed E-state index contributed by atoms with van der Waals surface area (Å²) in [6.45, 7) is 3.43. The van der Waals surface area contributed by atoms with Crippen molar-refractivity contribution in [3.05, 3.63) is 0 Å². The van der Waals surface area contributed by atoms with Crippen molar-refractivity contribution in [1.29, 1.82) is 0 Å². The van der Waals surface area contributed by atoms with Gasteiger partial charge in [-0.15, -0.1) is 0 Å². The molecule has 3 N–H and O–H groups in total. The molecule has 0 rings (SSSR count). The van der Waals surface area contributed by atoms with Crippen molar-refractivity contribution < 1.29 is 13.2 Å². The molecule has 1 amide bonds. The number of amides is 1. The summed E-state index contributed by atoms with van der Waals surface area (Å²) in [5.74, 6) is -0.828. The van der Waals surface area contributed by atoms with Gasteiger partial charge in [0, 0.05) is 0 Å². The van der Waals surface area contributed by atoms with Gasteiger partial charge in [0.05, 0.1) is 0 Å². The van der Waals surface area contributed by atoms with Crippen molar-refractivity contribution in [1.82, 2.24) is 4.72 Å². The predicted octanol–water partition coefficient (Wildman–Crippen LogP) is -0.232. The van der Waals surface area contributed by atoms with Crippen LogP contribution in [0.3, 0.4) is 0 Å². The molecule has 13 heavy (non-hydrogen) atoms. The van der Waals surface area contributed by atoms with Crippen LogP contribution in [0.25, 0.3) is 0 Å². The molecular weight excluding hydrogens is 260 g/mol. The Labute approximate surface area is 86.2 Å². The summed E-state index contributed by atoms with van der Waals surface area (Å²) in [5.41, 5.74) is 5.02. The smallest absolute Gasteiger partial charge is 0.235 e. The van der Waals surface area contributed by atoms with E-state index in [9.17, 15) is 13.2 Å². The van der Waals surface area contributed by atoms with Crippen LogP contribution in [0.2, 0.25) is 0 Å². The molecule has 1 atom stereocenters. The van der Waals surface area contributed by atoms with E-state index in [0.29, 0.717) is 0 Å². The van der Waals surface area contributed by atoms with Crippen LogP contribution in [0.4, 0.5) is 0 Å². The van der Waals surface area contributed by atoms with Crippen molar-refractivity contribution in [3.63, 3.8) is 0 Å².